The Morgan fingerprint density at radius 2 is 1.48 bits per heavy atom. The van der Waals surface area contributed by atoms with Crippen LogP contribution < -0.4 is 0 Å². The van der Waals surface area contributed by atoms with Gasteiger partial charge in [0.15, 0.2) is 11.5 Å². The quantitative estimate of drug-likeness (QED) is 0.490. The minimum Gasteiger partial charge on any atom is -0.452 e. The zero-order chi connectivity index (χ0) is 14.7. The number of furan rings is 1. The molecule has 21 heavy (non-hydrogen) atoms. The summed E-state index contributed by atoms with van der Waals surface area (Å²) in [5, 5.41) is 0.723. The lowest BCUT2D eigenvalue weighted by Crippen LogP contribution is -2.19. The van der Waals surface area contributed by atoms with E-state index < -0.39 is 0 Å². The molecule has 1 aromatic heterocycles. The van der Waals surface area contributed by atoms with E-state index in [1.165, 1.54) is 0 Å². The van der Waals surface area contributed by atoms with Crippen molar-refractivity contribution in [3.05, 3.63) is 70.0 Å². The van der Waals surface area contributed by atoms with E-state index in [0.29, 0.717) is 22.3 Å². The number of carbonyl (C=O) groups is 2. The Hall–Kier alpha value is -2.68. The number of ketones is 2. The van der Waals surface area contributed by atoms with Gasteiger partial charge < -0.3 is 4.42 Å². The number of carbonyl (C=O) groups excluding carboxylic acids is 2. The zero-order valence-electron chi connectivity index (χ0n) is 11.7. The number of rotatable bonds is 0. The van der Waals surface area contributed by atoms with Crippen molar-refractivity contribution in [3.8, 4) is 0 Å². The molecular weight excluding hydrogens is 264 g/mol. The maximum atomic E-state index is 12.7. The van der Waals surface area contributed by atoms with Crippen LogP contribution in [0.2, 0.25) is 0 Å². The van der Waals surface area contributed by atoms with E-state index in [1.54, 1.807) is 24.3 Å². The van der Waals surface area contributed by atoms with Gasteiger partial charge in [0.05, 0.1) is 5.56 Å². The van der Waals surface area contributed by atoms with E-state index in [1.807, 2.05) is 26.0 Å². The predicted octanol–water partition coefficient (Wildman–Crippen LogP) is 3.83. The van der Waals surface area contributed by atoms with Crippen LogP contribution in [0.4, 0.5) is 0 Å². The van der Waals surface area contributed by atoms with E-state index in [0.717, 1.165) is 16.5 Å². The summed E-state index contributed by atoms with van der Waals surface area (Å²) in [5.41, 5.74) is 4.02. The van der Waals surface area contributed by atoms with Gasteiger partial charge in [-0.3, -0.25) is 9.59 Å². The Morgan fingerprint density at radius 3 is 2.19 bits per heavy atom. The van der Waals surface area contributed by atoms with Crippen LogP contribution in [-0.2, 0) is 0 Å². The molecule has 3 aromatic rings. The first kappa shape index (κ1) is 12.1. The normalized spacial score (nSPS) is 13.4. The lowest BCUT2D eigenvalue weighted by Gasteiger charge is -2.12. The topological polar surface area (TPSA) is 47.3 Å². The molecule has 1 heterocycles. The van der Waals surface area contributed by atoms with Crippen LogP contribution in [0.25, 0.3) is 11.0 Å². The third-order valence-electron chi connectivity index (χ3n) is 4.15. The van der Waals surface area contributed by atoms with Crippen LogP contribution in [0, 0.1) is 13.8 Å². The van der Waals surface area contributed by atoms with Gasteiger partial charge in [0, 0.05) is 16.5 Å². The van der Waals surface area contributed by atoms with Crippen molar-refractivity contribution in [2.75, 3.05) is 0 Å². The Balaban J connectivity index is 2.11. The second kappa shape index (κ2) is 3.92. The lowest BCUT2D eigenvalue weighted by atomic mass is 9.87. The van der Waals surface area contributed by atoms with Gasteiger partial charge in [0.1, 0.15) is 5.58 Å². The van der Waals surface area contributed by atoms with Crippen LogP contribution in [0.3, 0.4) is 0 Å². The lowest BCUT2D eigenvalue weighted by molar-refractivity contribution is 0.0962. The van der Waals surface area contributed by atoms with Gasteiger partial charge in [-0.1, -0.05) is 24.3 Å². The van der Waals surface area contributed by atoms with Crippen LogP contribution in [-0.4, -0.2) is 11.6 Å². The SMILES string of the molecule is Cc1cc2oc3c(c2cc1C)C(=O)c1ccccc1C3=O. The third kappa shape index (κ3) is 1.49. The van der Waals surface area contributed by atoms with Crippen molar-refractivity contribution in [2.24, 2.45) is 0 Å². The molecular formula is C18H12O3. The Bertz CT molecular complexity index is 944. The van der Waals surface area contributed by atoms with Gasteiger partial charge >= 0.3 is 0 Å². The molecule has 0 N–H and O–H groups in total. The monoisotopic (exact) mass is 276 g/mol. The molecule has 0 bridgehead atoms. The largest absolute Gasteiger partial charge is 0.452 e. The first-order valence-electron chi connectivity index (χ1n) is 6.80. The molecule has 3 nitrogen and oxygen atoms in total. The summed E-state index contributed by atoms with van der Waals surface area (Å²) < 4.78 is 5.70. The smallest absolute Gasteiger partial charge is 0.229 e. The molecule has 0 saturated heterocycles. The van der Waals surface area contributed by atoms with Gasteiger partial charge in [-0.2, -0.15) is 0 Å². The van der Waals surface area contributed by atoms with Crippen LogP contribution >= 0.6 is 0 Å². The summed E-state index contributed by atoms with van der Waals surface area (Å²) >= 11 is 0. The van der Waals surface area contributed by atoms with Gasteiger partial charge in [-0.15, -0.1) is 0 Å². The molecule has 102 valence electrons. The van der Waals surface area contributed by atoms with Crippen molar-refractivity contribution >= 4 is 22.5 Å². The predicted molar refractivity (Wildman–Crippen MR) is 79.0 cm³/mol. The number of benzene rings is 2. The van der Waals surface area contributed by atoms with Gasteiger partial charge in [0.2, 0.25) is 5.78 Å². The maximum Gasteiger partial charge on any atom is 0.229 e. The molecule has 4 rings (SSSR count). The highest BCUT2D eigenvalue weighted by molar-refractivity contribution is 6.31. The van der Waals surface area contributed by atoms with Crippen molar-refractivity contribution in [1.29, 1.82) is 0 Å². The van der Waals surface area contributed by atoms with Gasteiger partial charge in [-0.25, -0.2) is 0 Å². The molecule has 0 amide bonds. The number of hydrogen-bond acceptors (Lipinski definition) is 3. The minimum atomic E-state index is -0.216. The molecule has 0 fully saturated rings. The number of hydrogen-bond donors (Lipinski definition) is 0. The Labute approximate surface area is 121 Å². The zero-order valence-corrected chi connectivity index (χ0v) is 11.7. The summed E-state index contributed by atoms with van der Waals surface area (Å²) in [7, 11) is 0. The first-order chi connectivity index (χ1) is 10.1. The van der Waals surface area contributed by atoms with Crippen molar-refractivity contribution in [2.45, 2.75) is 13.8 Å². The average molecular weight is 276 g/mol. The maximum absolute atomic E-state index is 12.7. The number of fused-ring (bicyclic) bond motifs is 4. The van der Waals surface area contributed by atoms with Gasteiger partial charge in [0.25, 0.3) is 0 Å². The van der Waals surface area contributed by atoms with Crippen molar-refractivity contribution in [3.63, 3.8) is 0 Å². The molecule has 0 spiro atoms. The van der Waals surface area contributed by atoms with E-state index in [9.17, 15) is 9.59 Å². The van der Waals surface area contributed by atoms with Crippen LogP contribution in [0.15, 0.2) is 40.8 Å². The minimum absolute atomic E-state index is 0.137. The van der Waals surface area contributed by atoms with E-state index in [2.05, 4.69) is 0 Å². The fraction of sp³-hybridized carbons (Fsp3) is 0.111. The summed E-state index contributed by atoms with van der Waals surface area (Å²) in [6, 6.07) is 10.7. The fourth-order valence-electron chi connectivity index (χ4n) is 2.87. The molecule has 0 radical (unpaired) electrons. The van der Waals surface area contributed by atoms with Crippen molar-refractivity contribution in [1.82, 2.24) is 0 Å². The standard InChI is InChI=1S/C18H12O3/c1-9-7-13-14(8-10(9)2)21-18-15(13)16(19)11-5-3-4-6-12(11)17(18)20/h3-8H,1-2H3. The molecule has 0 aliphatic heterocycles. The average Bonchev–Trinajstić information content (AvgIpc) is 2.84. The molecule has 2 aromatic carbocycles. The second-order valence-corrected chi connectivity index (χ2v) is 5.44. The van der Waals surface area contributed by atoms with E-state index in [-0.39, 0.29) is 17.3 Å². The van der Waals surface area contributed by atoms with Crippen molar-refractivity contribution < 1.29 is 14.0 Å². The highest BCUT2D eigenvalue weighted by atomic mass is 16.3. The number of aryl methyl sites for hydroxylation is 2. The first-order valence-corrected chi connectivity index (χ1v) is 6.80. The summed E-state index contributed by atoms with van der Waals surface area (Å²) in [6.45, 7) is 3.96. The molecule has 0 saturated carbocycles. The summed E-state index contributed by atoms with van der Waals surface area (Å²) in [6.07, 6.45) is 0. The summed E-state index contributed by atoms with van der Waals surface area (Å²) in [4.78, 5) is 25.3. The van der Waals surface area contributed by atoms with Gasteiger partial charge in [-0.05, 0) is 37.1 Å². The molecule has 1 aliphatic rings. The molecule has 1 aliphatic carbocycles. The highest BCUT2D eigenvalue weighted by Gasteiger charge is 2.34. The molecule has 3 heteroatoms. The van der Waals surface area contributed by atoms with Crippen LogP contribution in [0.1, 0.15) is 43.2 Å². The van der Waals surface area contributed by atoms with Crippen LogP contribution in [0.5, 0.6) is 0 Å². The van der Waals surface area contributed by atoms with E-state index in [4.69, 9.17) is 4.42 Å². The second-order valence-electron chi connectivity index (χ2n) is 5.44. The Kier molecular flexibility index (Phi) is 2.25. The molecule has 0 unspecified atom stereocenters. The third-order valence-corrected chi connectivity index (χ3v) is 4.15. The van der Waals surface area contributed by atoms with E-state index >= 15 is 0 Å². The Morgan fingerprint density at radius 1 is 0.857 bits per heavy atom. The fourth-order valence-corrected chi connectivity index (χ4v) is 2.87. The summed E-state index contributed by atoms with van der Waals surface area (Å²) in [5.74, 6) is -0.187. The highest BCUT2D eigenvalue weighted by Crippen LogP contribution is 2.35. The molecule has 0 atom stereocenters.